The van der Waals surface area contributed by atoms with Crippen molar-refractivity contribution in [2.75, 3.05) is 31.7 Å². The Hall–Kier alpha value is -3.45. The third kappa shape index (κ3) is 3.82. The van der Waals surface area contributed by atoms with E-state index in [2.05, 4.69) is 71.1 Å². The Bertz CT molecular complexity index is 1260. The summed E-state index contributed by atoms with van der Waals surface area (Å²) in [5.41, 5.74) is 6.07. The minimum atomic E-state index is -0.00592. The van der Waals surface area contributed by atoms with Crippen molar-refractivity contribution in [1.82, 2.24) is 24.4 Å². The highest BCUT2D eigenvalue weighted by Gasteiger charge is 2.25. The van der Waals surface area contributed by atoms with E-state index in [1.165, 1.54) is 0 Å². The third-order valence-corrected chi connectivity index (χ3v) is 6.57. The first kappa shape index (κ1) is 21.4. The van der Waals surface area contributed by atoms with Crippen LogP contribution in [-0.2, 0) is 4.74 Å². The van der Waals surface area contributed by atoms with Gasteiger partial charge in [0.2, 0.25) is 0 Å². The Balaban J connectivity index is 1.70. The van der Waals surface area contributed by atoms with Crippen molar-refractivity contribution in [3.05, 3.63) is 78.3 Å². The molecule has 7 heteroatoms. The van der Waals surface area contributed by atoms with Crippen LogP contribution in [0.2, 0.25) is 0 Å². The van der Waals surface area contributed by atoms with Crippen molar-refractivity contribution in [2.24, 2.45) is 0 Å². The topological polar surface area (TPSA) is 59.3 Å². The van der Waals surface area contributed by atoms with Crippen LogP contribution < -0.4 is 4.90 Å². The summed E-state index contributed by atoms with van der Waals surface area (Å²) >= 11 is 0. The van der Waals surface area contributed by atoms with Crippen LogP contribution in [0.5, 0.6) is 0 Å². The van der Waals surface area contributed by atoms with Gasteiger partial charge in [0.15, 0.2) is 0 Å². The van der Waals surface area contributed by atoms with Crippen molar-refractivity contribution < 1.29 is 4.74 Å². The van der Waals surface area contributed by atoms with Crippen LogP contribution in [0.15, 0.2) is 66.8 Å². The van der Waals surface area contributed by atoms with E-state index in [0.717, 1.165) is 51.8 Å². The minimum absolute atomic E-state index is 0.00592. The Kier molecular flexibility index (Phi) is 5.50. The molecule has 0 radical (unpaired) electrons. The number of rotatable bonds is 4. The van der Waals surface area contributed by atoms with Crippen LogP contribution in [0.3, 0.4) is 0 Å². The molecule has 2 aliphatic heterocycles. The summed E-state index contributed by atoms with van der Waals surface area (Å²) < 4.78 is 7.92. The molecule has 0 unspecified atom stereocenters. The van der Waals surface area contributed by atoms with Gasteiger partial charge in [-0.25, -0.2) is 9.97 Å². The molecule has 0 N–H and O–H groups in total. The molecular formula is C26H30N6O. The first-order chi connectivity index (χ1) is 15.9. The van der Waals surface area contributed by atoms with Crippen molar-refractivity contribution >= 4 is 22.4 Å². The fourth-order valence-corrected chi connectivity index (χ4v) is 4.60. The fourth-order valence-electron chi connectivity index (χ4n) is 4.60. The van der Waals surface area contributed by atoms with Gasteiger partial charge in [-0.15, -0.1) is 0 Å². The molecule has 1 saturated heterocycles. The van der Waals surface area contributed by atoms with Gasteiger partial charge in [-0.2, -0.15) is 0 Å². The number of ether oxygens (including phenoxy) is 1. The molecule has 2 aliphatic rings. The van der Waals surface area contributed by atoms with Crippen molar-refractivity contribution in [2.45, 2.75) is 32.9 Å². The van der Waals surface area contributed by atoms with Gasteiger partial charge in [0.1, 0.15) is 17.2 Å². The SMILES string of the molecule is C=C1C(C)=CC(c2nc3cnc(N4CCOC[C@@H]4C)cc3n2[C@@H](C)c2ccccn2)=CN1C. The van der Waals surface area contributed by atoms with E-state index in [0.29, 0.717) is 13.2 Å². The molecule has 0 bridgehead atoms. The molecular weight excluding hydrogens is 412 g/mol. The number of hydrogen-bond acceptors (Lipinski definition) is 6. The van der Waals surface area contributed by atoms with Crippen molar-refractivity contribution in [3.63, 3.8) is 0 Å². The normalized spacial score (nSPS) is 20.1. The summed E-state index contributed by atoms with van der Waals surface area (Å²) in [6.07, 6.45) is 7.98. The number of anilines is 1. The Labute approximate surface area is 194 Å². The van der Waals surface area contributed by atoms with E-state index in [1.54, 1.807) is 0 Å². The van der Waals surface area contributed by atoms with Crippen LogP contribution in [0, 0.1) is 0 Å². The number of imidazole rings is 1. The van der Waals surface area contributed by atoms with Crippen molar-refractivity contribution in [3.8, 4) is 0 Å². The second-order valence-electron chi connectivity index (χ2n) is 8.85. The zero-order valence-corrected chi connectivity index (χ0v) is 19.7. The molecule has 3 aromatic heterocycles. The second-order valence-corrected chi connectivity index (χ2v) is 8.85. The number of nitrogens with zero attached hydrogens (tertiary/aromatic N) is 6. The fraction of sp³-hybridized carbons (Fsp3) is 0.346. The van der Waals surface area contributed by atoms with Crippen LogP contribution in [0.4, 0.5) is 5.82 Å². The van der Waals surface area contributed by atoms with Gasteiger partial charge in [-0.3, -0.25) is 4.98 Å². The minimum Gasteiger partial charge on any atom is -0.377 e. The van der Waals surface area contributed by atoms with E-state index < -0.39 is 0 Å². The largest absolute Gasteiger partial charge is 0.377 e. The lowest BCUT2D eigenvalue weighted by atomic mass is 10.1. The molecule has 3 aromatic rings. The quantitative estimate of drug-likeness (QED) is 0.597. The molecule has 0 amide bonds. The van der Waals surface area contributed by atoms with E-state index in [4.69, 9.17) is 14.7 Å². The number of morpholine rings is 1. The highest BCUT2D eigenvalue weighted by Crippen LogP contribution is 2.34. The number of allylic oxidation sites excluding steroid dienone is 3. The number of fused-ring (bicyclic) bond motifs is 1. The maximum absolute atomic E-state index is 5.63. The smallest absolute Gasteiger partial charge is 0.143 e. The molecule has 2 atom stereocenters. The molecule has 33 heavy (non-hydrogen) atoms. The zero-order valence-electron chi connectivity index (χ0n) is 19.7. The summed E-state index contributed by atoms with van der Waals surface area (Å²) in [4.78, 5) is 18.8. The van der Waals surface area contributed by atoms with E-state index in [1.807, 2.05) is 31.6 Å². The van der Waals surface area contributed by atoms with Gasteiger partial charge in [0.25, 0.3) is 0 Å². The number of hydrogen-bond donors (Lipinski definition) is 0. The average molecular weight is 443 g/mol. The summed E-state index contributed by atoms with van der Waals surface area (Å²) in [7, 11) is 2.02. The highest BCUT2D eigenvalue weighted by molar-refractivity contribution is 5.84. The number of aromatic nitrogens is 4. The Morgan fingerprint density at radius 1 is 1.24 bits per heavy atom. The van der Waals surface area contributed by atoms with Crippen LogP contribution in [0.25, 0.3) is 16.6 Å². The molecule has 5 rings (SSSR count). The van der Waals surface area contributed by atoms with E-state index in [-0.39, 0.29) is 12.1 Å². The summed E-state index contributed by atoms with van der Waals surface area (Å²) in [6, 6.07) is 8.47. The van der Waals surface area contributed by atoms with Crippen LogP contribution in [0.1, 0.15) is 38.3 Å². The van der Waals surface area contributed by atoms with Gasteiger partial charge in [-0.1, -0.05) is 12.6 Å². The lowest BCUT2D eigenvalue weighted by Crippen LogP contribution is -2.44. The van der Waals surface area contributed by atoms with Gasteiger partial charge in [0, 0.05) is 43.3 Å². The molecule has 0 aromatic carbocycles. The maximum atomic E-state index is 5.63. The van der Waals surface area contributed by atoms with Crippen LogP contribution >= 0.6 is 0 Å². The molecule has 0 spiro atoms. The summed E-state index contributed by atoms with van der Waals surface area (Å²) in [5, 5.41) is 0. The molecule has 170 valence electrons. The van der Waals surface area contributed by atoms with E-state index in [9.17, 15) is 0 Å². The second kappa shape index (κ2) is 8.48. The predicted molar refractivity (Wildman–Crippen MR) is 132 cm³/mol. The predicted octanol–water partition coefficient (Wildman–Crippen LogP) is 4.41. The van der Waals surface area contributed by atoms with Gasteiger partial charge < -0.3 is 19.1 Å². The number of likely N-dealkylation sites (N-methyl/N-ethyl adjacent to an activating group) is 1. The molecule has 1 fully saturated rings. The average Bonchev–Trinajstić information content (AvgIpc) is 3.21. The third-order valence-electron chi connectivity index (χ3n) is 6.57. The standard InChI is InChI=1S/C26H30N6O/c1-17-12-21(15-30(5)19(17)3)26-29-23-14-28-25(31-10-11-33-16-18(31)2)13-24(23)32(26)20(4)22-8-6-7-9-27-22/h6-9,12-15,18,20H,3,10-11,16H2,1-2,4-5H3/t18-,20-/m0/s1. The molecule has 7 nitrogen and oxygen atoms in total. The summed E-state index contributed by atoms with van der Waals surface area (Å²) in [6.45, 7) is 12.9. The van der Waals surface area contributed by atoms with Crippen molar-refractivity contribution in [1.29, 1.82) is 0 Å². The lowest BCUT2D eigenvalue weighted by molar-refractivity contribution is 0.0985. The Morgan fingerprint density at radius 2 is 2.09 bits per heavy atom. The van der Waals surface area contributed by atoms with Crippen LogP contribution in [-0.4, -0.2) is 57.3 Å². The van der Waals surface area contributed by atoms with Gasteiger partial charge in [-0.05, 0) is 44.6 Å². The summed E-state index contributed by atoms with van der Waals surface area (Å²) in [5.74, 6) is 1.85. The number of pyridine rings is 2. The molecule has 0 saturated carbocycles. The van der Waals surface area contributed by atoms with Gasteiger partial charge in [0.05, 0.1) is 42.7 Å². The highest BCUT2D eigenvalue weighted by atomic mass is 16.5. The first-order valence-electron chi connectivity index (χ1n) is 11.4. The van der Waals surface area contributed by atoms with Gasteiger partial charge >= 0.3 is 0 Å². The first-order valence-corrected chi connectivity index (χ1v) is 11.4. The van der Waals surface area contributed by atoms with E-state index >= 15 is 0 Å². The maximum Gasteiger partial charge on any atom is 0.143 e. The molecule has 5 heterocycles. The molecule has 0 aliphatic carbocycles. The monoisotopic (exact) mass is 442 g/mol. The lowest BCUT2D eigenvalue weighted by Gasteiger charge is -2.34. The zero-order chi connectivity index (χ0) is 23.1. The Morgan fingerprint density at radius 3 is 2.82 bits per heavy atom.